The van der Waals surface area contributed by atoms with E-state index in [1.807, 2.05) is 30.3 Å². The van der Waals surface area contributed by atoms with Crippen molar-refractivity contribution in [2.75, 3.05) is 26.0 Å². The Morgan fingerprint density at radius 1 is 1.14 bits per heavy atom. The third-order valence-electron chi connectivity index (χ3n) is 3.42. The van der Waals surface area contributed by atoms with Gasteiger partial charge < -0.3 is 19.7 Å². The zero-order valence-electron chi connectivity index (χ0n) is 12.6. The highest BCUT2D eigenvalue weighted by Crippen LogP contribution is 2.32. The topological polar surface area (TPSA) is 50.8 Å². The summed E-state index contributed by atoms with van der Waals surface area (Å²) in [6, 6.07) is 13.0. The molecule has 0 unspecified atom stereocenters. The van der Waals surface area contributed by atoms with Crippen LogP contribution in [-0.2, 0) is 6.42 Å². The average molecular weight is 298 g/mol. The van der Waals surface area contributed by atoms with Gasteiger partial charge in [-0.05, 0) is 35.9 Å². The van der Waals surface area contributed by atoms with Gasteiger partial charge in [0.15, 0.2) is 0 Å². The highest BCUT2D eigenvalue weighted by Gasteiger charge is 2.12. The molecule has 2 amide bonds. The Hall–Kier alpha value is -2.69. The van der Waals surface area contributed by atoms with E-state index in [1.165, 1.54) is 10.5 Å². The van der Waals surface area contributed by atoms with Gasteiger partial charge in [0.25, 0.3) is 0 Å². The van der Waals surface area contributed by atoms with Gasteiger partial charge in [-0.2, -0.15) is 0 Å². The van der Waals surface area contributed by atoms with Crippen LogP contribution in [-0.4, -0.2) is 31.6 Å². The number of nitrogens with one attached hydrogen (secondary N) is 1. The third-order valence-corrected chi connectivity index (χ3v) is 3.42. The lowest BCUT2D eigenvalue weighted by atomic mass is 10.2. The minimum Gasteiger partial charge on any atom is -0.493 e. The fourth-order valence-electron chi connectivity index (χ4n) is 2.19. The summed E-state index contributed by atoms with van der Waals surface area (Å²) >= 11 is 0. The number of rotatable bonds is 3. The van der Waals surface area contributed by atoms with Crippen molar-refractivity contribution in [1.29, 1.82) is 0 Å². The monoisotopic (exact) mass is 298 g/mol. The van der Waals surface area contributed by atoms with Gasteiger partial charge in [-0.25, -0.2) is 4.79 Å². The fourth-order valence-corrected chi connectivity index (χ4v) is 2.19. The predicted molar refractivity (Wildman–Crippen MR) is 84.9 cm³/mol. The molecule has 0 atom stereocenters. The lowest BCUT2D eigenvalue weighted by Gasteiger charge is -2.12. The van der Waals surface area contributed by atoms with E-state index in [-0.39, 0.29) is 6.03 Å². The molecule has 0 aliphatic carbocycles. The molecule has 3 rings (SSSR count). The van der Waals surface area contributed by atoms with Crippen LogP contribution < -0.4 is 14.8 Å². The molecular formula is C17H18N2O3. The van der Waals surface area contributed by atoms with Crippen LogP contribution in [0.3, 0.4) is 0 Å². The summed E-state index contributed by atoms with van der Waals surface area (Å²) in [5.74, 6) is 2.35. The largest absolute Gasteiger partial charge is 0.493 e. The molecule has 1 aliphatic heterocycles. The molecule has 0 aromatic heterocycles. The van der Waals surface area contributed by atoms with Crippen LogP contribution >= 0.6 is 0 Å². The second-order valence-electron chi connectivity index (χ2n) is 5.32. The fraction of sp³-hybridized carbons (Fsp3) is 0.235. The van der Waals surface area contributed by atoms with Crippen LogP contribution in [0.25, 0.3) is 0 Å². The molecule has 1 heterocycles. The van der Waals surface area contributed by atoms with E-state index >= 15 is 0 Å². The van der Waals surface area contributed by atoms with E-state index in [1.54, 1.807) is 26.2 Å². The molecule has 1 N–H and O–H groups in total. The zero-order chi connectivity index (χ0) is 15.5. The third kappa shape index (κ3) is 3.14. The number of urea groups is 1. The smallest absolute Gasteiger partial charge is 0.321 e. The van der Waals surface area contributed by atoms with Crippen molar-refractivity contribution in [3.63, 3.8) is 0 Å². The van der Waals surface area contributed by atoms with E-state index in [4.69, 9.17) is 9.47 Å². The molecule has 1 aliphatic rings. The first-order chi connectivity index (χ1) is 10.6. The first kappa shape index (κ1) is 14.3. The molecule has 0 saturated heterocycles. The van der Waals surface area contributed by atoms with Crippen LogP contribution in [0.15, 0.2) is 42.5 Å². The molecule has 22 heavy (non-hydrogen) atoms. The maximum absolute atomic E-state index is 11.6. The van der Waals surface area contributed by atoms with Crippen LogP contribution in [0.2, 0.25) is 0 Å². The first-order valence-corrected chi connectivity index (χ1v) is 7.14. The first-order valence-electron chi connectivity index (χ1n) is 7.14. The Kier molecular flexibility index (Phi) is 3.87. The Balaban J connectivity index is 1.67. The van der Waals surface area contributed by atoms with Crippen molar-refractivity contribution in [3.05, 3.63) is 48.0 Å². The summed E-state index contributed by atoms with van der Waals surface area (Å²) in [4.78, 5) is 13.0. The Morgan fingerprint density at radius 3 is 2.59 bits per heavy atom. The summed E-state index contributed by atoms with van der Waals surface area (Å²) < 4.78 is 11.3. The Bertz CT molecular complexity index is 681. The van der Waals surface area contributed by atoms with E-state index in [9.17, 15) is 4.79 Å². The van der Waals surface area contributed by atoms with Gasteiger partial charge >= 0.3 is 6.03 Å². The molecular weight excluding hydrogens is 280 g/mol. The van der Waals surface area contributed by atoms with E-state index in [0.29, 0.717) is 5.75 Å². The highest BCUT2D eigenvalue weighted by atomic mass is 16.5. The normalized spacial score (nSPS) is 12.3. The molecule has 0 saturated carbocycles. The molecule has 2 aromatic rings. The zero-order valence-corrected chi connectivity index (χ0v) is 12.6. The van der Waals surface area contributed by atoms with Crippen molar-refractivity contribution in [2.45, 2.75) is 6.42 Å². The SMILES string of the molecule is CN(C)C(=O)Nc1ccc(Oc2ccc3c(c2)OCC3)cc1. The van der Waals surface area contributed by atoms with Gasteiger partial charge in [0.2, 0.25) is 0 Å². The summed E-state index contributed by atoms with van der Waals surface area (Å²) in [5.41, 5.74) is 1.94. The highest BCUT2D eigenvalue weighted by molar-refractivity contribution is 5.88. The molecule has 0 radical (unpaired) electrons. The van der Waals surface area contributed by atoms with Crippen LogP contribution in [0.5, 0.6) is 17.2 Å². The number of benzene rings is 2. The van der Waals surface area contributed by atoms with Crippen molar-refractivity contribution in [2.24, 2.45) is 0 Å². The lowest BCUT2D eigenvalue weighted by Crippen LogP contribution is -2.27. The van der Waals surface area contributed by atoms with Gasteiger partial charge in [0.05, 0.1) is 6.61 Å². The number of amides is 2. The molecule has 0 bridgehead atoms. The van der Waals surface area contributed by atoms with Gasteiger partial charge in [0, 0.05) is 32.3 Å². The molecule has 114 valence electrons. The van der Waals surface area contributed by atoms with Crippen LogP contribution in [0, 0.1) is 0 Å². The standard InChI is InChI=1S/C17H18N2O3/c1-19(2)17(20)18-13-4-7-14(8-5-13)22-15-6-3-12-9-10-21-16(12)11-15/h3-8,11H,9-10H2,1-2H3,(H,18,20). The number of hydrogen-bond acceptors (Lipinski definition) is 3. The summed E-state index contributed by atoms with van der Waals surface area (Å²) in [7, 11) is 3.39. The second-order valence-corrected chi connectivity index (χ2v) is 5.32. The van der Waals surface area contributed by atoms with Crippen LogP contribution in [0.4, 0.5) is 10.5 Å². The maximum atomic E-state index is 11.6. The predicted octanol–water partition coefficient (Wildman–Crippen LogP) is 3.51. The lowest BCUT2D eigenvalue weighted by molar-refractivity contribution is 0.230. The van der Waals surface area contributed by atoms with Crippen molar-refractivity contribution in [3.8, 4) is 17.2 Å². The number of anilines is 1. The number of carbonyl (C=O) groups is 1. The summed E-state index contributed by atoms with van der Waals surface area (Å²) in [5, 5.41) is 2.78. The summed E-state index contributed by atoms with van der Waals surface area (Å²) in [6.07, 6.45) is 0.954. The molecule has 5 nitrogen and oxygen atoms in total. The minimum absolute atomic E-state index is 0.163. The maximum Gasteiger partial charge on any atom is 0.321 e. The van der Waals surface area contributed by atoms with Gasteiger partial charge in [-0.15, -0.1) is 0 Å². The van der Waals surface area contributed by atoms with Crippen LogP contribution in [0.1, 0.15) is 5.56 Å². The number of nitrogens with zero attached hydrogens (tertiary/aromatic N) is 1. The molecule has 5 heteroatoms. The number of hydrogen-bond donors (Lipinski definition) is 1. The van der Waals surface area contributed by atoms with E-state index < -0.39 is 0 Å². The van der Waals surface area contributed by atoms with Crippen molar-refractivity contribution in [1.82, 2.24) is 4.90 Å². The van der Waals surface area contributed by atoms with Crippen molar-refractivity contribution >= 4 is 11.7 Å². The quantitative estimate of drug-likeness (QED) is 0.943. The molecule has 0 fully saturated rings. The van der Waals surface area contributed by atoms with Gasteiger partial charge in [-0.3, -0.25) is 0 Å². The van der Waals surface area contributed by atoms with Crippen molar-refractivity contribution < 1.29 is 14.3 Å². The number of carbonyl (C=O) groups excluding carboxylic acids is 1. The van der Waals surface area contributed by atoms with Gasteiger partial charge in [-0.1, -0.05) is 6.07 Å². The summed E-state index contributed by atoms with van der Waals surface area (Å²) in [6.45, 7) is 0.735. The average Bonchev–Trinajstić information content (AvgIpc) is 2.96. The minimum atomic E-state index is -0.163. The van der Waals surface area contributed by atoms with Gasteiger partial charge in [0.1, 0.15) is 17.2 Å². The Morgan fingerprint density at radius 2 is 1.86 bits per heavy atom. The molecule has 0 spiro atoms. The second kappa shape index (κ2) is 5.97. The molecule has 2 aromatic carbocycles. The van der Waals surface area contributed by atoms with E-state index in [2.05, 4.69) is 5.32 Å². The number of fused-ring (bicyclic) bond motifs is 1. The van der Waals surface area contributed by atoms with E-state index in [0.717, 1.165) is 30.2 Å². The Labute approximate surface area is 129 Å². The number of ether oxygens (including phenoxy) is 2.